The third-order valence-corrected chi connectivity index (χ3v) is 7.62. The standard InChI is InChI=1S/C25H22FNO3.C9H13N/c26-22-12-10-19(11-13-22)18-6-8-20(9-7-18)23(28)27-16-14-25(15-17-27,24(29)30)21-4-2-1-3-5-21;1-2-9(10)8-6-4-3-5-7-8/h1-13H,14-17H2,(H,29,30);3-7,9H,2,10H2,1H3/t;9-/m.0/s1. The number of carbonyl (C=O) groups excluding carboxylic acids is 1. The molecule has 40 heavy (non-hydrogen) atoms. The summed E-state index contributed by atoms with van der Waals surface area (Å²) in [7, 11) is 0. The summed E-state index contributed by atoms with van der Waals surface area (Å²) in [5, 5.41) is 9.91. The van der Waals surface area contributed by atoms with Crippen molar-refractivity contribution in [2.45, 2.75) is 37.6 Å². The van der Waals surface area contributed by atoms with Crippen molar-refractivity contribution in [2.24, 2.45) is 5.73 Å². The van der Waals surface area contributed by atoms with Gasteiger partial charge in [0.15, 0.2) is 0 Å². The summed E-state index contributed by atoms with van der Waals surface area (Å²) in [6, 6.07) is 33.1. The number of hydrogen-bond acceptors (Lipinski definition) is 3. The Bertz CT molecular complexity index is 1380. The maximum Gasteiger partial charge on any atom is 0.314 e. The Hall–Kier alpha value is -4.29. The fourth-order valence-corrected chi connectivity index (χ4v) is 5.04. The Labute approximate surface area is 235 Å². The molecule has 1 aliphatic rings. The zero-order valence-electron chi connectivity index (χ0n) is 22.7. The Morgan fingerprint density at radius 3 is 1.82 bits per heavy atom. The minimum Gasteiger partial charge on any atom is -0.481 e. The third-order valence-electron chi connectivity index (χ3n) is 7.62. The molecule has 0 radical (unpaired) electrons. The number of hydrogen-bond donors (Lipinski definition) is 2. The fourth-order valence-electron chi connectivity index (χ4n) is 5.04. The quantitative estimate of drug-likeness (QED) is 0.281. The van der Waals surface area contributed by atoms with Crippen LogP contribution in [0.4, 0.5) is 4.39 Å². The summed E-state index contributed by atoms with van der Waals surface area (Å²) < 4.78 is 13.1. The van der Waals surface area contributed by atoms with Crippen LogP contribution in [0.3, 0.4) is 0 Å². The van der Waals surface area contributed by atoms with E-state index in [1.807, 2.05) is 60.7 Å². The van der Waals surface area contributed by atoms with E-state index in [2.05, 4.69) is 19.1 Å². The highest BCUT2D eigenvalue weighted by Crippen LogP contribution is 2.36. The number of rotatable bonds is 6. The van der Waals surface area contributed by atoms with Crippen LogP contribution < -0.4 is 5.73 Å². The molecule has 4 aromatic rings. The number of halogens is 1. The predicted octanol–water partition coefficient (Wildman–Crippen LogP) is 6.85. The number of benzene rings is 4. The number of nitrogens with zero attached hydrogens (tertiary/aromatic N) is 1. The predicted molar refractivity (Wildman–Crippen MR) is 156 cm³/mol. The SMILES string of the molecule is CC[C@H](N)c1ccccc1.O=C(c1ccc(-c2ccc(F)cc2)cc1)N1CCC(C(=O)O)(c2ccccc2)CC1. The molecule has 1 fully saturated rings. The maximum absolute atomic E-state index is 13.1. The van der Waals surface area contributed by atoms with E-state index in [-0.39, 0.29) is 17.8 Å². The van der Waals surface area contributed by atoms with Gasteiger partial charge in [0.25, 0.3) is 5.91 Å². The molecule has 1 atom stereocenters. The Balaban J connectivity index is 0.000000312. The largest absolute Gasteiger partial charge is 0.481 e. The first-order valence-corrected chi connectivity index (χ1v) is 13.6. The van der Waals surface area contributed by atoms with Gasteiger partial charge in [-0.3, -0.25) is 9.59 Å². The molecular weight excluding hydrogens is 503 g/mol. The summed E-state index contributed by atoms with van der Waals surface area (Å²) >= 11 is 0. The molecule has 6 heteroatoms. The van der Waals surface area contributed by atoms with Gasteiger partial charge in [0.05, 0.1) is 5.41 Å². The van der Waals surface area contributed by atoms with Crippen LogP contribution in [0.25, 0.3) is 11.1 Å². The molecule has 3 N–H and O–H groups in total. The second-order valence-corrected chi connectivity index (χ2v) is 10.1. The average molecular weight is 539 g/mol. The first kappa shape index (κ1) is 28.7. The number of carbonyl (C=O) groups is 2. The van der Waals surface area contributed by atoms with Crippen molar-refractivity contribution < 1.29 is 19.1 Å². The van der Waals surface area contributed by atoms with E-state index in [0.29, 0.717) is 31.5 Å². The van der Waals surface area contributed by atoms with Gasteiger partial charge in [0.1, 0.15) is 5.82 Å². The van der Waals surface area contributed by atoms with Gasteiger partial charge in [-0.1, -0.05) is 91.9 Å². The number of piperidine rings is 1. The first-order valence-electron chi connectivity index (χ1n) is 13.6. The smallest absolute Gasteiger partial charge is 0.314 e. The van der Waals surface area contributed by atoms with Gasteiger partial charge in [0, 0.05) is 24.7 Å². The van der Waals surface area contributed by atoms with Crippen molar-refractivity contribution in [3.63, 3.8) is 0 Å². The summed E-state index contributed by atoms with van der Waals surface area (Å²) in [6.45, 7) is 2.87. The maximum atomic E-state index is 13.1. The van der Waals surface area contributed by atoms with Gasteiger partial charge in [-0.15, -0.1) is 0 Å². The second kappa shape index (κ2) is 13.2. The topological polar surface area (TPSA) is 83.6 Å². The van der Waals surface area contributed by atoms with Crippen LogP contribution in [0.15, 0.2) is 109 Å². The highest BCUT2D eigenvalue weighted by Gasteiger charge is 2.43. The van der Waals surface area contributed by atoms with E-state index in [0.717, 1.165) is 23.1 Å². The Morgan fingerprint density at radius 2 is 1.32 bits per heavy atom. The summed E-state index contributed by atoms with van der Waals surface area (Å²) in [5.41, 5.74) is 9.19. The molecule has 206 valence electrons. The molecule has 1 amide bonds. The molecule has 0 aliphatic carbocycles. The molecule has 0 bridgehead atoms. The van der Waals surface area contributed by atoms with Crippen LogP contribution >= 0.6 is 0 Å². The van der Waals surface area contributed by atoms with Crippen molar-refractivity contribution >= 4 is 11.9 Å². The zero-order chi connectivity index (χ0) is 28.5. The third kappa shape index (κ3) is 6.64. The number of likely N-dealkylation sites (tertiary alicyclic amines) is 1. The van der Waals surface area contributed by atoms with Crippen LogP contribution in [-0.4, -0.2) is 35.0 Å². The second-order valence-electron chi connectivity index (χ2n) is 10.1. The van der Waals surface area contributed by atoms with Gasteiger partial charge in [-0.05, 0) is 65.8 Å². The zero-order valence-corrected chi connectivity index (χ0v) is 22.7. The normalized spacial score (nSPS) is 14.9. The lowest BCUT2D eigenvalue weighted by Crippen LogP contribution is -2.49. The summed E-state index contributed by atoms with van der Waals surface area (Å²) in [6.07, 6.45) is 1.77. The minimum absolute atomic E-state index is 0.104. The number of carboxylic acids is 1. The monoisotopic (exact) mass is 538 g/mol. The lowest BCUT2D eigenvalue weighted by atomic mass is 9.72. The fraction of sp³-hybridized carbons (Fsp3) is 0.235. The molecule has 0 spiro atoms. The van der Waals surface area contributed by atoms with Crippen molar-refractivity contribution in [2.75, 3.05) is 13.1 Å². The van der Waals surface area contributed by atoms with Crippen LogP contribution in [0.5, 0.6) is 0 Å². The molecular formula is C34H35FN2O3. The number of carboxylic acid groups (broad SMARTS) is 1. The molecule has 0 saturated carbocycles. The molecule has 1 saturated heterocycles. The van der Waals surface area contributed by atoms with Crippen molar-refractivity contribution in [1.82, 2.24) is 4.90 Å². The van der Waals surface area contributed by atoms with Gasteiger partial charge in [-0.2, -0.15) is 0 Å². The number of aliphatic carboxylic acids is 1. The average Bonchev–Trinajstić information content (AvgIpc) is 3.02. The van der Waals surface area contributed by atoms with Gasteiger partial charge >= 0.3 is 5.97 Å². The van der Waals surface area contributed by atoms with Gasteiger partial charge < -0.3 is 15.7 Å². The van der Waals surface area contributed by atoms with E-state index < -0.39 is 11.4 Å². The van der Waals surface area contributed by atoms with Crippen molar-refractivity contribution in [1.29, 1.82) is 0 Å². The van der Waals surface area contributed by atoms with Gasteiger partial charge in [0.2, 0.25) is 0 Å². The van der Waals surface area contributed by atoms with E-state index >= 15 is 0 Å². The minimum atomic E-state index is -0.954. The van der Waals surface area contributed by atoms with Crippen molar-refractivity contribution in [3.05, 3.63) is 132 Å². The van der Waals surface area contributed by atoms with E-state index in [4.69, 9.17) is 5.73 Å². The summed E-state index contributed by atoms with van der Waals surface area (Å²) in [5.74, 6) is -1.24. The van der Waals surface area contributed by atoms with Crippen molar-refractivity contribution in [3.8, 4) is 11.1 Å². The molecule has 5 rings (SSSR count). The Kier molecular flexibility index (Phi) is 9.46. The van der Waals surface area contributed by atoms with Gasteiger partial charge in [-0.25, -0.2) is 4.39 Å². The van der Waals surface area contributed by atoms with E-state index in [1.54, 1.807) is 29.2 Å². The van der Waals surface area contributed by atoms with E-state index in [1.165, 1.54) is 17.7 Å². The number of amides is 1. The lowest BCUT2D eigenvalue weighted by Gasteiger charge is -2.39. The van der Waals surface area contributed by atoms with Crippen LogP contribution in [0.2, 0.25) is 0 Å². The van der Waals surface area contributed by atoms with Crippen LogP contribution in [0, 0.1) is 5.82 Å². The van der Waals surface area contributed by atoms with Crippen LogP contribution in [0.1, 0.15) is 53.7 Å². The molecule has 0 aromatic heterocycles. The summed E-state index contributed by atoms with van der Waals surface area (Å²) in [4.78, 5) is 26.7. The lowest BCUT2D eigenvalue weighted by molar-refractivity contribution is -0.145. The molecule has 0 unspecified atom stereocenters. The Morgan fingerprint density at radius 1 is 0.825 bits per heavy atom. The van der Waals surface area contributed by atoms with E-state index in [9.17, 15) is 19.1 Å². The van der Waals surface area contributed by atoms with Crippen LogP contribution in [-0.2, 0) is 10.2 Å². The molecule has 1 heterocycles. The molecule has 1 aliphatic heterocycles. The first-order chi connectivity index (χ1) is 19.3. The highest BCUT2D eigenvalue weighted by atomic mass is 19.1. The highest BCUT2D eigenvalue weighted by molar-refractivity contribution is 5.95. The molecule has 5 nitrogen and oxygen atoms in total. The molecule has 4 aromatic carbocycles. The number of nitrogens with two attached hydrogens (primary N) is 1.